The Morgan fingerprint density at radius 1 is 1.28 bits per heavy atom. The number of nitriles is 2. The summed E-state index contributed by atoms with van der Waals surface area (Å²) >= 11 is 0. The van der Waals surface area contributed by atoms with E-state index in [1.54, 1.807) is 6.92 Å². The molecule has 2 amide bonds. The van der Waals surface area contributed by atoms with E-state index >= 15 is 0 Å². The van der Waals surface area contributed by atoms with E-state index in [0.29, 0.717) is 24.1 Å². The van der Waals surface area contributed by atoms with Gasteiger partial charge in [0.15, 0.2) is 0 Å². The van der Waals surface area contributed by atoms with Crippen LogP contribution in [0.2, 0.25) is 0 Å². The number of hydrogen-bond acceptors (Lipinski definition) is 5. The summed E-state index contributed by atoms with van der Waals surface area (Å²) in [5.41, 5.74) is 0.995. The smallest absolute Gasteiger partial charge is 0.247 e. The topological polar surface area (TPSA) is 118 Å². The Labute approximate surface area is 170 Å². The molecule has 7 nitrogen and oxygen atoms in total. The lowest BCUT2D eigenvalue weighted by Gasteiger charge is -2.42. The highest BCUT2D eigenvalue weighted by Gasteiger charge is 2.45. The van der Waals surface area contributed by atoms with Crippen molar-refractivity contribution in [2.75, 3.05) is 6.54 Å². The van der Waals surface area contributed by atoms with E-state index in [4.69, 9.17) is 5.26 Å². The van der Waals surface area contributed by atoms with E-state index in [-0.39, 0.29) is 54.6 Å². The van der Waals surface area contributed by atoms with Gasteiger partial charge in [-0.2, -0.15) is 10.5 Å². The number of carbonyl (C=O) groups is 2. The summed E-state index contributed by atoms with van der Waals surface area (Å²) in [4.78, 5) is 25.2. The van der Waals surface area contributed by atoms with Crippen LogP contribution in [0.1, 0.15) is 46.0 Å². The molecule has 2 heterocycles. The van der Waals surface area contributed by atoms with Crippen molar-refractivity contribution in [1.29, 1.82) is 10.5 Å². The first kappa shape index (κ1) is 21.3. The number of hydrogen-bond donors (Lipinski definition) is 3. The second-order valence-electron chi connectivity index (χ2n) is 8.47. The molecule has 0 radical (unpaired) electrons. The van der Waals surface area contributed by atoms with Crippen LogP contribution >= 0.6 is 0 Å². The molecule has 3 aliphatic rings. The van der Waals surface area contributed by atoms with E-state index in [1.807, 2.05) is 6.92 Å². The normalized spacial score (nSPS) is 35.6. The second kappa shape index (κ2) is 8.92. The highest BCUT2D eigenvalue weighted by Crippen LogP contribution is 2.40. The van der Waals surface area contributed by atoms with Gasteiger partial charge in [0.2, 0.25) is 11.8 Å². The van der Waals surface area contributed by atoms with Crippen LogP contribution < -0.4 is 16.0 Å². The van der Waals surface area contributed by atoms with E-state index in [9.17, 15) is 19.2 Å². The highest BCUT2D eigenvalue weighted by atomic mass is 19.1. The van der Waals surface area contributed by atoms with Crippen LogP contribution in [-0.2, 0) is 9.59 Å². The van der Waals surface area contributed by atoms with Crippen LogP contribution in [0.15, 0.2) is 11.1 Å². The van der Waals surface area contributed by atoms with Crippen LogP contribution in [0.5, 0.6) is 0 Å². The number of carbonyl (C=O) groups excluding carboxylic acids is 2. The lowest BCUT2D eigenvalue weighted by Crippen LogP contribution is -2.54. The quantitative estimate of drug-likeness (QED) is 0.659. The fourth-order valence-corrected chi connectivity index (χ4v) is 4.90. The summed E-state index contributed by atoms with van der Waals surface area (Å²) in [6, 6.07) is 4.01. The third kappa shape index (κ3) is 4.43. The van der Waals surface area contributed by atoms with Gasteiger partial charge in [-0.15, -0.1) is 0 Å². The van der Waals surface area contributed by atoms with Crippen molar-refractivity contribution >= 4 is 11.8 Å². The van der Waals surface area contributed by atoms with Crippen molar-refractivity contribution in [1.82, 2.24) is 16.0 Å². The molecule has 2 aliphatic heterocycles. The van der Waals surface area contributed by atoms with Crippen molar-refractivity contribution in [2.45, 2.75) is 70.2 Å². The molecule has 2 fully saturated rings. The monoisotopic (exact) mass is 401 g/mol. The predicted molar refractivity (Wildman–Crippen MR) is 104 cm³/mol. The molecule has 156 valence electrons. The molecule has 0 spiro atoms. The Hall–Kier alpha value is -2.45. The molecule has 0 aromatic heterocycles. The summed E-state index contributed by atoms with van der Waals surface area (Å²) in [5, 5.41) is 27.5. The van der Waals surface area contributed by atoms with Gasteiger partial charge in [0, 0.05) is 36.2 Å². The van der Waals surface area contributed by atoms with Gasteiger partial charge in [-0.1, -0.05) is 5.57 Å². The Morgan fingerprint density at radius 3 is 2.66 bits per heavy atom. The van der Waals surface area contributed by atoms with Crippen LogP contribution in [0.25, 0.3) is 0 Å². The molecule has 1 saturated heterocycles. The fourth-order valence-electron chi connectivity index (χ4n) is 4.90. The minimum absolute atomic E-state index is 0.00346. The Balaban J connectivity index is 1.66. The number of alkyl halides is 1. The summed E-state index contributed by atoms with van der Waals surface area (Å²) in [7, 11) is 0. The Morgan fingerprint density at radius 2 is 2.03 bits per heavy atom. The van der Waals surface area contributed by atoms with E-state index in [0.717, 1.165) is 12.8 Å². The SMILES string of the molecule is CC1=C(CC(=O)N[C@@H](C)C2CCC(C#N)CN2)C(=O)NC2CCC(F)C(C#N)C12. The summed E-state index contributed by atoms with van der Waals surface area (Å²) in [6.45, 7) is 4.26. The maximum atomic E-state index is 14.2. The zero-order valence-corrected chi connectivity index (χ0v) is 16.9. The standard InChI is InChI=1S/C21H28FN5O2/c1-11-14(21(29)27-18-6-4-16(22)15(9-24)20(11)18)7-19(28)26-12(2)17-5-3-13(8-23)10-25-17/h12-13,15-18,20,25H,3-7,10H2,1-2H3,(H,26,28)(H,27,29)/t12-,13?,15?,16?,17?,18?,20?/m0/s1. The van der Waals surface area contributed by atoms with Gasteiger partial charge in [0.05, 0.1) is 30.4 Å². The van der Waals surface area contributed by atoms with E-state index in [2.05, 4.69) is 28.1 Å². The zero-order chi connectivity index (χ0) is 21.1. The largest absolute Gasteiger partial charge is 0.352 e. The van der Waals surface area contributed by atoms with Gasteiger partial charge in [0.25, 0.3) is 0 Å². The lowest BCUT2D eigenvalue weighted by molar-refractivity contribution is -0.125. The molecule has 29 heavy (non-hydrogen) atoms. The Bertz CT molecular complexity index is 775. The third-order valence-electron chi connectivity index (χ3n) is 6.64. The number of amides is 2. The summed E-state index contributed by atoms with van der Waals surface area (Å²) in [6.07, 6.45) is 1.06. The molecule has 7 atom stereocenters. The number of nitrogens with zero attached hydrogens (tertiary/aromatic N) is 2. The second-order valence-corrected chi connectivity index (χ2v) is 8.47. The highest BCUT2D eigenvalue weighted by molar-refractivity contribution is 6.00. The molecule has 6 unspecified atom stereocenters. The lowest BCUT2D eigenvalue weighted by atomic mass is 9.69. The van der Waals surface area contributed by atoms with Crippen molar-refractivity contribution in [3.05, 3.63) is 11.1 Å². The maximum absolute atomic E-state index is 14.2. The van der Waals surface area contributed by atoms with Gasteiger partial charge in [-0.3, -0.25) is 9.59 Å². The molecule has 0 aromatic rings. The number of rotatable bonds is 4. The number of fused-ring (bicyclic) bond motifs is 1. The fraction of sp³-hybridized carbons (Fsp3) is 0.714. The first-order valence-electron chi connectivity index (χ1n) is 10.3. The molecular weight excluding hydrogens is 373 g/mol. The van der Waals surface area contributed by atoms with Gasteiger partial charge in [-0.05, 0) is 39.5 Å². The van der Waals surface area contributed by atoms with Crippen molar-refractivity contribution in [2.24, 2.45) is 17.8 Å². The average Bonchev–Trinajstić information content (AvgIpc) is 2.71. The summed E-state index contributed by atoms with van der Waals surface area (Å²) in [5.74, 6) is -1.75. The van der Waals surface area contributed by atoms with Crippen molar-refractivity contribution < 1.29 is 14.0 Å². The molecule has 3 N–H and O–H groups in total. The number of halogens is 1. The van der Waals surface area contributed by atoms with Crippen LogP contribution in [-0.4, -0.2) is 42.7 Å². The van der Waals surface area contributed by atoms with Crippen LogP contribution in [0.3, 0.4) is 0 Å². The maximum Gasteiger partial charge on any atom is 0.247 e. The van der Waals surface area contributed by atoms with Crippen molar-refractivity contribution in [3.8, 4) is 12.1 Å². The molecule has 0 aromatic carbocycles. The molecule has 1 aliphatic carbocycles. The molecule has 3 rings (SSSR count). The number of nitrogens with one attached hydrogen (secondary N) is 3. The molecular formula is C21H28FN5O2. The first-order valence-corrected chi connectivity index (χ1v) is 10.3. The van der Waals surface area contributed by atoms with Gasteiger partial charge >= 0.3 is 0 Å². The van der Waals surface area contributed by atoms with Crippen LogP contribution in [0.4, 0.5) is 4.39 Å². The van der Waals surface area contributed by atoms with Gasteiger partial charge in [-0.25, -0.2) is 4.39 Å². The zero-order valence-electron chi connectivity index (χ0n) is 16.9. The Kier molecular flexibility index (Phi) is 6.54. The minimum atomic E-state index is -1.21. The third-order valence-corrected chi connectivity index (χ3v) is 6.64. The minimum Gasteiger partial charge on any atom is -0.352 e. The molecule has 0 bridgehead atoms. The van der Waals surface area contributed by atoms with Gasteiger partial charge in [0.1, 0.15) is 6.17 Å². The van der Waals surface area contributed by atoms with Crippen LogP contribution in [0, 0.1) is 40.4 Å². The van der Waals surface area contributed by atoms with E-state index in [1.165, 1.54) is 0 Å². The molecule has 1 saturated carbocycles. The first-order chi connectivity index (χ1) is 13.8. The predicted octanol–water partition coefficient (Wildman–Crippen LogP) is 1.48. The average molecular weight is 401 g/mol. The molecule has 8 heteroatoms. The van der Waals surface area contributed by atoms with E-state index < -0.39 is 12.1 Å². The summed E-state index contributed by atoms with van der Waals surface area (Å²) < 4.78 is 14.2. The van der Waals surface area contributed by atoms with Gasteiger partial charge < -0.3 is 16.0 Å². The number of piperidine rings is 1. The van der Waals surface area contributed by atoms with Crippen molar-refractivity contribution in [3.63, 3.8) is 0 Å².